The average molecular weight is 254 g/mol. The minimum atomic E-state index is -0.736. The molecule has 18 heavy (non-hydrogen) atoms. The Labute approximate surface area is 108 Å². The topological polar surface area (TPSA) is 60.9 Å². The zero-order valence-corrected chi connectivity index (χ0v) is 10.8. The molecule has 2 rings (SSSR count). The Morgan fingerprint density at radius 2 is 1.72 bits per heavy atom. The number of likely N-dealkylation sites (tertiary alicyclic amines) is 2. The lowest BCUT2D eigenvalue weighted by molar-refractivity contribution is -0.141. The largest absolute Gasteiger partial charge is 0.481 e. The molecule has 1 unspecified atom stereocenters. The number of rotatable bonds is 3. The molecule has 0 spiro atoms. The third-order valence-electron chi connectivity index (χ3n) is 3.94. The van der Waals surface area contributed by atoms with Crippen LogP contribution in [0.1, 0.15) is 32.1 Å². The first kappa shape index (κ1) is 13.3. The molecule has 0 bridgehead atoms. The van der Waals surface area contributed by atoms with Crippen molar-refractivity contribution >= 4 is 11.9 Å². The number of nitrogens with zero attached hydrogens (tertiary/aromatic N) is 2. The van der Waals surface area contributed by atoms with E-state index in [-0.39, 0.29) is 11.8 Å². The number of hydrogen-bond acceptors (Lipinski definition) is 3. The third kappa shape index (κ3) is 3.45. The van der Waals surface area contributed by atoms with E-state index in [0.29, 0.717) is 19.5 Å². The molecule has 5 nitrogen and oxygen atoms in total. The third-order valence-corrected chi connectivity index (χ3v) is 3.94. The van der Waals surface area contributed by atoms with E-state index >= 15 is 0 Å². The summed E-state index contributed by atoms with van der Waals surface area (Å²) in [4.78, 5) is 26.9. The van der Waals surface area contributed by atoms with Gasteiger partial charge in [-0.05, 0) is 25.8 Å². The lowest BCUT2D eigenvalue weighted by atomic mass is 10.1. The van der Waals surface area contributed by atoms with E-state index in [1.165, 1.54) is 12.8 Å². The van der Waals surface area contributed by atoms with Gasteiger partial charge < -0.3 is 10.0 Å². The van der Waals surface area contributed by atoms with Crippen molar-refractivity contribution in [1.29, 1.82) is 0 Å². The van der Waals surface area contributed by atoms with Crippen LogP contribution >= 0.6 is 0 Å². The Balaban J connectivity index is 1.78. The zero-order valence-electron chi connectivity index (χ0n) is 10.8. The molecule has 5 heteroatoms. The first-order valence-electron chi connectivity index (χ1n) is 6.90. The van der Waals surface area contributed by atoms with E-state index < -0.39 is 5.97 Å². The molecule has 2 heterocycles. The van der Waals surface area contributed by atoms with Crippen LogP contribution < -0.4 is 0 Å². The number of carbonyl (C=O) groups is 2. The molecule has 102 valence electrons. The average Bonchev–Trinajstić information content (AvgIpc) is 2.64. The fourth-order valence-corrected chi connectivity index (χ4v) is 2.79. The quantitative estimate of drug-likeness (QED) is 0.809. The summed E-state index contributed by atoms with van der Waals surface area (Å²) in [6, 6.07) is 0. The van der Waals surface area contributed by atoms with Gasteiger partial charge in [-0.25, -0.2) is 0 Å². The Hall–Kier alpha value is -1.10. The van der Waals surface area contributed by atoms with E-state index in [1.807, 2.05) is 9.80 Å². The summed E-state index contributed by atoms with van der Waals surface area (Å²) >= 11 is 0. The fraction of sp³-hybridized carbons (Fsp3) is 0.846. The highest BCUT2D eigenvalue weighted by Gasteiger charge is 2.29. The van der Waals surface area contributed by atoms with Crippen LogP contribution in [0.2, 0.25) is 0 Å². The summed E-state index contributed by atoms with van der Waals surface area (Å²) in [5.41, 5.74) is 0. The summed E-state index contributed by atoms with van der Waals surface area (Å²) in [6.07, 6.45) is 5.30. The van der Waals surface area contributed by atoms with Crippen LogP contribution in [0.25, 0.3) is 0 Å². The van der Waals surface area contributed by atoms with Crippen LogP contribution in [0.3, 0.4) is 0 Å². The van der Waals surface area contributed by atoms with Gasteiger partial charge in [-0.2, -0.15) is 0 Å². The van der Waals surface area contributed by atoms with E-state index in [1.54, 1.807) is 0 Å². The number of amides is 1. The van der Waals surface area contributed by atoms with Crippen molar-refractivity contribution < 1.29 is 14.7 Å². The molecule has 2 saturated heterocycles. The van der Waals surface area contributed by atoms with Gasteiger partial charge >= 0.3 is 5.97 Å². The maximum Gasteiger partial charge on any atom is 0.307 e. The van der Waals surface area contributed by atoms with Crippen molar-refractivity contribution in [2.45, 2.75) is 32.1 Å². The highest BCUT2D eigenvalue weighted by Crippen LogP contribution is 2.17. The summed E-state index contributed by atoms with van der Waals surface area (Å²) in [5.74, 6) is -0.857. The van der Waals surface area contributed by atoms with Gasteiger partial charge in [0, 0.05) is 19.6 Å². The van der Waals surface area contributed by atoms with Gasteiger partial charge in [0.2, 0.25) is 5.91 Å². The minimum absolute atomic E-state index is 0.169. The van der Waals surface area contributed by atoms with Crippen LogP contribution in [-0.2, 0) is 9.59 Å². The molecular formula is C13H22N2O3. The number of aliphatic carboxylic acids is 1. The molecule has 2 aliphatic heterocycles. The van der Waals surface area contributed by atoms with E-state index in [0.717, 1.165) is 32.5 Å². The number of hydrogen-bond donors (Lipinski definition) is 1. The summed E-state index contributed by atoms with van der Waals surface area (Å²) < 4.78 is 0. The highest BCUT2D eigenvalue weighted by atomic mass is 16.4. The molecular weight excluding hydrogens is 232 g/mol. The molecule has 1 N–H and O–H groups in total. The standard InChI is InChI=1S/C13H22N2O3/c16-12(15-6-3-1-2-4-7-15)10-14-8-5-11(9-14)13(17)18/h11H,1-10H2,(H,17,18). The minimum Gasteiger partial charge on any atom is -0.481 e. The molecule has 0 aromatic carbocycles. The lowest BCUT2D eigenvalue weighted by Crippen LogP contribution is -2.40. The second kappa shape index (κ2) is 6.18. The van der Waals surface area contributed by atoms with Crippen molar-refractivity contribution in [3.8, 4) is 0 Å². The lowest BCUT2D eigenvalue weighted by Gasteiger charge is -2.23. The van der Waals surface area contributed by atoms with E-state index in [4.69, 9.17) is 5.11 Å². The van der Waals surface area contributed by atoms with Gasteiger partial charge in [0.25, 0.3) is 0 Å². The Kier molecular flexibility index (Phi) is 4.58. The van der Waals surface area contributed by atoms with Gasteiger partial charge in [-0.1, -0.05) is 12.8 Å². The molecule has 0 aromatic rings. The van der Waals surface area contributed by atoms with Crippen LogP contribution in [0, 0.1) is 5.92 Å². The van der Waals surface area contributed by atoms with Crippen molar-refractivity contribution in [2.24, 2.45) is 5.92 Å². The predicted octanol–water partition coefficient (Wildman–Crippen LogP) is 0.795. The van der Waals surface area contributed by atoms with Crippen LogP contribution in [0.15, 0.2) is 0 Å². The summed E-state index contributed by atoms with van der Waals surface area (Å²) in [5, 5.41) is 8.93. The number of carboxylic acids is 1. The number of carboxylic acid groups (broad SMARTS) is 1. The fourth-order valence-electron chi connectivity index (χ4n) is 2.79. The molecule has 2 aliphatic rings. The molecule has 0 saturated carbocycles. The molecule has 0 radical (unpaired) electrons. The first-order chi connectivity index (χ1) is 8.66. The monoisotopic (exact) mass is 254 g/mol. The second-order valence-corrected chi connectivity index (χ2v) is 5.35. The smallest absolute Gasteiger partial charge is 0.307 e. The molecule has 0 aromatic heterocycles. The van der Waals surface area contributed by atoms with Crippen molar-refractivity contribution in [3.63, 3.8) is 0 Å². The van der Waals surface area contributed by atoms with Crippen LogP contribution in [-0.4, -0.2) is 59.5 Å². The Bertz CT molecular complexity index is 311. The highest BCUT2D eigenvalue weighted by molar-refractivity contribution is 5.78. The van der Waals surface area contributed by atoms with Gasteiger partial charge in [0.15, 0.2) is 0 Å². The molecule has 0 aliphatic carbocycles. The normalized spacial score (nSPS) is 26.0. The second-order valence-electron chi connectivity index (χ2n) is 5.35. The summed E-state index contributed by atoms with van der Waals surface area (Å²) in [7, 11) is 0. The van der Waals surface area contributed by atoms with Gasteiger partial charge in [-0.3, -0.25) is 14.5 Å². The van der Waals surface area contributed by atoms with Gasteiger partial charge in [-0.15, -0.1) is 0 Å². The summed E-state index contributed by atoms with van der Waals surface area (Å²) in [6.45, 7) is 3.39. The van der Waals surface area contributed by atoms with Crippen molar-refractivity contribution in [2.75, 3.05) is 32.7 Å². The van der Waals surface area contributed by atoms with Crippen LogP contribution in [0.5, 0.6) is 0 Å². The predicted molar refractivity (Wildman–Crippen MR) is 67.2 cm³/mol. The molecule has 1 amide bonds. The Morgan fingerprint density at radius 1 is 1.06 bits per heavy atom. The molecule has 1 atom stereocenters. The van der Waals surface area contributed by atoms with Gasteiger partial charge in [0.05, 0.1) is 12.5 Å². The maximum atomic E-state index is 12.1. The Morgan fingerprint density at radius 3 is 2.28 bits per heavy atom. The van der Waals surface area contributed by atoms with Crippen molar-refractivity contribution in [1.82, 2.24) is 9.80 Å². The zero-order chi connectivity index (χ0) is 13.0. The first-order valence-corrected chi connectivity index (χ1v) is 6.90. The van der Waals surface area contributed by atoms with Crippen LogP contribution in [0.4, 0.5) is 0 Å². The maximum absolute atomic E-state index is 12.1. The number of carbonyl (C=O) groups excluding carboxylic acids is 1. The molecule has 2 fully saturated rings. The SMILES string of the molecule is O=C(O)C1CCN(CC(=O)N2CCCCCC2)C1. The van der Waals surface area contributed by atoms with Gasteiger partial charge in [0.1, 0.15) is 0 Å². The van der Waals surface area contributed by atoms with E-state index in [2.05, 4.69) is 0 Å². The van der Waals surface area contributed by atoms with Crippen molar-refractivity contribution in [3.05, 3.63) is 0 Å². The van der Waals surface area contributed by atoms with E-state index in [9.17, 15) is 9.59 Å².